The molecule has 0 amide bonds. The summed E-state index contributed by atoms with van der Waals surface area (Å²) in [4.78, 5) is 12.0. The zero-order valence-electron chi connectivity index (χ0n) is 10.2. The van der Waals surface area contributed by atoms with Crippen molar-refractivity contribution in [2.24, 2.45) is 5.41 Å². The molecule has 1 aliphatic heterocycles. The Balaban J connectivity index is 2.71. The van der Waals surface area contributed by atoms with Gasteiger partial charge in [-0.1, -0.05) is 6.92 Å². The number of aliphatic hydroxyl groups excluding tert-OH is 1. The molecule has 0 aromatic rings. The van der Waals surface area contributed by atoms with E-state index in [1.54, 1.807) is 6.92 Å². The van der Waals surface area contributed by atoms with Gasteiger partial charge in [0.05, 0.1) is 18.1 Å². The number of carbonyl (C=O) groups excluding carboxylic acids is 1. The van der Waals surface area contributed by atoms with E-state index < -0.39 is 15.3 Å². The van der Waals surface area contributed by atoms with Crippen molar-refractivity contribution in [2.75, 3.05) is 31.2 Å². The average Bonchev–Trinajstić information content (AvgIpc) is 2.31. The molecule has 1 heterocycles. The van der Waals surface area contributed by atoms with Crippen LogP contribution in [0.2, 0.25) is 0 Å². The summed E-state index contributed by atoms with van der Waals surface area (Å²) in [6, 6.07) is 0. The van der Waals surface area contributed by atoms with Gasteiger partial charge in [-0.05, 0) is 12.8 Å². The van der Waals surface area contributed by atoms with E-state index in [2.05, 4.69) is 5.32 Å². The van der Waals surface area contributed by atoms with Crippen molar-refractivity contribution in [1.82, 2.24) is 5.32 Å². The third-order valence-corrected chi connectivity index (χ3v) is 5.10. The molecule has 0 spiro atoms. The van der Waals surface area contributed by atoms with Gasteiger partial charge < -0.3 is 10.4 Å². The molecular weight excluding hydrogens is 242 g/mol. The van der Waals surface area contributed by atoms with Gasteiger partial charge in [0.2, 0.25) is 0 Å². The third kappa shape index (κ3) is 3.76. The minimum absolute atomic E-state index is 0.0225. The molecule has 0 unspecified atom stereocenters. The van der Waals surface area contributed by atoms with Crippen molar-refractivity contribution >= 4 is 15.6 Å². The van der Waals surface area contributed by atoms with Crippen LogP contribution in [0.1, 0.15) is 26.2 Å². The molecule has 2 N–H and O–H groups in total. The highest BCUT2D eigenvalue weighted by Crippen LogP contribution is 2.34. The quantitative estimate of drug-likeness (QED) is 0.645. The van der Waals surface area contributed by atoms with Gasteiger partial charge in [-0.25, -0.2) is 8.42 Å². The lowest BCUT2D eigenvalue weighted by molar-refractivity contribution is -0.128. The van der Waals surface area contributed by atoms with E-state index >= 15 is 0 Å². The van der Waals surface area contributed by atoms with Crippen molar-refractivity contribution in [2.45, 2.75) is 26.2 Å². The highest BCUT2D eigenvalue weighted by molar-refractivity contribution is 7.91. The molecule has 5 nitrogen and oxygen atoms in total. The first-order valence-electron chi connectivity index (χ1n) is 6.01. The fourth-order valence-corrected chi connectivity index (χ4v) is 3.87. The van der Waals surface area contributed by atoms with Crippen LogP contribution in [0, 0.1) is 5.41 Å². The van der Waals surface area contributed by atoms with Gasteiger partial charge in [0, 0.05) is 24.9 Å². The van der Waals surface area contributed by atoms with Gasteiger partial charge in [0.15, 0.2) is 0 Å². The largest absolute Gasteiger partial charge is 0.395 e. The maximum Gasteiger partial charge on any atom is 0.150 e. The summed E-state index contributed by atoms with van der Waals surface area (Å²) < 4.78 is 22.8. The Labute approximate surface area is 103 Å². The van der Waals surface area contributed by atoms with Crippen LogP contribution in [-0.4, -0.2) is 50.5 Å². The molecule has 0 radical (unpaired) electrons. The van der Waals surface area contributed by atoms with Gasteiger partial charge in [0.1, 0.15) is 15.6 Å². The number of hydrogen-bond donors (Lipinski definition) is 2. The molecule has 100 valence electrons. The SMILES string of the molecule is CCC(=O)C1(CNCCO)CCS(=O)(=O)CC1. The van der Waals surface area contributed by atoms with Crippen LogP contribution in [0.3, 0.4) is 0 Å². The third-order valence-electron chi connectivity index (χ3n) is 3.45. The van der Waals surface area contributed by atoms with E-state index in [0.29, 0.717) is 32.4 Å². The van der Waals surface area contributed by atoms with Crippen LogP contribution in [0.4, 0.5) is 0 Å². The minimum Gasteiger partial charge on any atom is -0.395 e. The predicted octanol–water partition coefficient (Wildman–Crippen LogP) is -0.258. The second-order valence-electron chi connectivity index (χ2n) is 4.61. The number of hydrogen-bond acceptors (Lipinski definition) is 5. The van der Waals surface area contributed by atoms with Crippen molar-refractivity contribution in [3.8, 4) is 0 Å². The first-order valence-corrected chi connectivity index (χ1v) is 7.83. The van der Waals surface area contributed by atoms with Crippen LogP contribution in [-0.2, 0) is 14.6 Å². The second kappa shape index (κ2) is 5.93. The van der Waals surface area contributed by atoms with Gasteiger partial charge in [0.25, 0.3) is 0 Å². The van der Waals surface area contributed by atoms with E-state index in [-0.39, 0.29) is 23.9 Å². The normalized spacial score (nSPS) is 22.2. The lowest BCUT2D eigenvalue weighted by atomic mass is 9.76. The molecule has 0 atom stereocenters. The van der Waals surface area contributed by atoms with Gasteiger partial charge in [-0.15, -0.1) is 0 Å². The molecule has 0 aromatic carbocycles. The average molecular weight is 263 g/mol. The molecule has 0 aromatic heterocycles. The topological polar surface area (TPSA) is 83.5 Å². The number of Topliss-reactive ketones (excluding diaryl/α,β-unsaturated/α-hetero) is 1. The molecule has 17 heavy (non-hydrogen) atoms. The number of nitrogens with one attached hydrogen (secondary N) is 1. The number of carbonyl (C=O) groups is 1. The molecule has 0 saturated carbocycles. The van der Waals surface area contributed by atoms with E-state index in [1.165, 1.54) is 0 Å². The number of rotatable bonds is 6. The Bertz CT molecular complexity index is 350. The number of sulfone groups is 1. The smallest absolute Gasteiger partial charge is 0.150 e. The molecule has 1 saturated heterocycles. The molecule has 0 bridgehead atoms. The number of ketones is 1. The standard InChI is InChI=1S/C11H21NO4S/c1-2-10(14)11(9-12-5-6-13)3-7-17(15,16)8-4-11/h12-13H,2-9H2,1H3. The van der Waals surface area contributed by atoms with Crippen molar-refractivity contribution in [1.29, 1.82) is 0 Å². The van der Waals surface area contributed by atoms with Gasteiger partial charge >= 0.3 is 0 Å². The molecule has 1 fully saturated rings. The monoisotopic (exact) mass is 263 g/mol. The van der Waals surface area contributed by atoms with E-state index in [1.807, 2.05) is 0 Å². The fraction of sp³-hybridized carbons (Fsp3) is 0.909. The predicted molar refractivity (Wildman–Crippen MR) is 65.6 cm³/mol. The first-order chi connectivity index (χ1) is 7.96. The lowest BCUT2D eigenvalue weighted by Crippen LogP contribution is -2.47. The van der Waals surface area contributed by atoms with E-state index in [9.17, 15) is 13.2 Å². The maximum absolute atomic E-state index is 12.0. The van der Waals surface area contributed by atoms with Gasteiger partial charge in [-0.2, -0.15) is 0 Å². The zero-order valence-corrected chi connectivity index (χ0v) is 11.1. The summed E-state index contributed by atoms with van der Waals surface area (Å²) >= 11 is 0. The minimum atomic E-state index is -2.96. The zero-order chi connectivity index (χ0) is 12.9. The summed E-state index contributed by atoms with van der Waals surface area (Å²) in [6.07, 6.45) is 1.24. The summed E-state index contributed by atoms with van der Waals surface area (Å²) in [5.41, 5.74) is -0.546. The van der Waals surface area contributed by atoms with Gasteiger partial charge in [-0.3, -0.25) is 4.79 Å². The Kier molecular flexibility index (Phi) is 5.09. The van der Waals surface area contributed by atoms with Crippen LogP contribution >= 0.6 is 0 Å². The fourth-order valence-electron chi connectivity index (χ4n) is 2.26. The summed E-state index contributed by atoms with van der Waals surface area (Å²) in [5.74, 6) is 0.317. The van der Waals surface area contributed by atoms with Crippen molar-refractivity contribution < 1.29 is 18.3 Å². The molecule has 1 aliphatic rings. The molecule has 6 heteroatoms. The van der Waals surface area contributed by atoms with Crippen LogP contribution in [0.5, 0.6) is 0 Å². The molecular formula is C11H21NO4S. The van der Waals surface area contributed by atoms with Crippen molar-refractivity contribution in [3.05, 3.63) is 0 Å². The Morgan fingerprint density at radius 1 is 1.35 bits per heavy atom. The first kappa shape index (κ1) is 14.6. The van der Waals surface area contributed by atoms with Crippen molar-refractivity contribution in [3.63, 3.8) is 0 Å². The maximum atomic E-state index is 12.0. The van der Waals surface area contributed by atoms with Crippen LogP contribution in [0.25, 0.3) is 0 Å². The molecule has 1 rings (SSSR count). The Morgan fingerprint density at radius 2 is 1.94 bits per heavy atom. The second-order valence-corrected chi connectivity index (χ2v) is 6.91. The molecule has 0 aliphatic carbocycles. The lowest BCUT2D eigenvalue weighted by Gasteiger charge is -2.35. The van der Waals surface area contributed by atoms with E-state index in [0.717, 1.165) is 0 Å². The van der Waals surface area contributed by atoms with Crippen LogP contribution < -0.4 is 5.32 Å². The Hall–Kier alpha value is -0.460. The highest BCUT2D eigenvalue weighted by Gasteiger charge is 2.41. The van der Waals surface area contributed by atoms with E-state index in [4.69, 9.17) is 5.11 Å². The summed E-state index contributed by atoms with van der Waals surface area (Å²) in [5, 5.41) is 11.7. The number of aliphatic hydroxyl groups is 1. The Morgan fingerprint density at radius 3 is 2.41 bits per heavy atom. The summed E-state index contributed by atoms with van der Waals surface area (Å²) in [6.45, 7) is 2.73. The summed E-state index contributed by atoms with van der Waals surface area (Å²) in [7, 11) is -2.96. The van der Waals surface area contributed by atoms with Crippen LogP contribution in [0.15, 0.2) is 0 Å². The highest BCUT2D eigenvalue weighted by atomic mass is 32.2.